The van der Waals surface area contributed by atoms with Gasteiger partial charge in [-0.25, -0.2) is 4.39 Å². The van der Waals surface area contributed by atoms with E-state index in [4.69, 9.17) is 4.42 Å². The van der Waals surface area contributed by atoms with E-state index in [1.54, 1.807) is 12.3 Å². The summed E-state index contributed by atoms with van der Waals surface area (Å²) >= 11 is 0. The van der Waals surface area contributed by atoms with Crippen LogP contribution in [0.2, 0.25) is 0 Å². The van der Waals surface area contributed by atoms with Crippen molar-refractivity contribution in [2.45, 2.75) is 26.2 Å². The number of carbonyl (C=O) groups is 1. The van der Waals surface area contributed by atoms with E-state index in [9.17, 15) is 9.18 Å². The van der Waals surface area contributed by atoms with Crippen molar-refractivity contribution < 1.29 is 13.6 Å². The van der Waals surface area contributed by atoms with Crippen molar-refractivity contribution in [1.82, 2.24) is 5.32 Å². The zero-order valence-electron chi connectivity index (χ0n) is 13.6. The molecule has 3 aromatic rings. The first-order valence-electron chi connectivity index (χ1n) is 8.16. The first kappa shape index (κ1) is 16.2. The number of fused-ring (bicyclic) bond motifs is 1. The number of furan rings is 1. The Hall–Kier alpha value is -2.62. The molecule has 4 heteroatoms. The second-order valence-corrected chi connectivity index (χ2v) is 5.85. The maximum absolute atomic E-state index is 13.1. The highest BCUT2D eigenvalue weighted by Crippen LogP contribution is 2.23. The summed E-state index contributed by atoms with van der Waals surface area (Å²) in [6.07, 6.45) is 3.49. The summed E-state index contributed by atoms with van der Waals surface area (Å²) in [5, 5.41) is 3.85. The van der Waals surface area contributed by atoms with Crippen LogP contribution in [0.3, 0.4) is 0 Å². The van der Waals surface area contributed by atoms with E-state index >= 15 is 0 Å². The van der Waals surface area contributed by atoms with Gasteiger partial charge in [0.05, 0.1) is 12.7 Å². The molecular formula is C20H20FNO2. The van der Waals surface area contributed by atoms with Crippen LogP contribution in [0.1, 0.15) is 23.6 Å². The van der Waals surface area contributed by atoms with Gasteiger partial charge in [0.1, 0.15) is 11.4 Å². The predicted molar refractivity (Wildman–Crippen MR) is 92.4 cm³/mol. The fourth-order valence-electron chi connectivity index (χ4n) is 2.76. The topological polar surface area (TPSA) is 42.2 Å². The Morgan fingerprint density at radius 2 is 2.04 bits per heavy atom. The van der Waals surface area contributed by atoms with Crippen LogP contribution in [-0.4, -0.2) is 12.5 Å². The van der Waals surface area contributed by atoms with Gasteiger partial charge in [-0.3, -0.25) is 4.79 Å². The summed E-state index contributed by atoms with van der Waals surface area (Å²) in [7, 11) is 0. The van der Waals surface area contributed by atoms with Crippen molar-refractivity contribution >= 4 is 16.9 Å². The zero-order chi connectivity index (χ0) is 16.9. The highest BCUT2D eigenvalue weighted by atomic mass is 19.1. The minimum atomic E-state index is -0.254. The quantitative estimate of drug-likeness (QED) is 0.743. The lowest BCUT2D eigenvalue weighted by Crippen LogP contribution is -2.27. The molecule has 24 heavy (non-hydrogen) atoms. The molecule has 0 saturated carbocycles. The number of carbonyl (C=O) groups excluding carboxylic acids is 1. The average Bonchev–Trinajstić information content (AvgIpc) is 2.97. The molecule has 1 N–H and O–H groups in total. The van der Waals surface area contributed by atoms with E-state index < -0.39 is 0 Å². The fraction of sp³-hybridized carbons (Fsp3) is 0.250. The Bertz CT molecular complexity index is 854. The second-order valence-electron chi connectivity index (χ2n) is 5.85. The molecule has 124 valence electrons. The number of nitrogens with one attached hydrogen (secondary N) is 1. The number of amides is 1. The van der Waals surface area contributed by atoms with Gasteiger partial charge in [-0.15, -0.1) is 0 Å². The first-order valence-corrected chi connectivity index (χ1v) is 8.16. The first-order chi connectivity index (χ1) is 11.7. The van der Waals surface area contributed by atoms with Gasteiger partial charge in [-0.05, 0) is 42.2 Å². The van der Waals surface area contributed by atoms with Gasteiger partial charge in [0.25, 0.3) is 0 Å². The van der Waals surface area contributed by atoms with Crippen molar-refractivity contribution in [3.63, 3.8) is 0 Å². The molecule has 0 saturated heterocycles. The number of aryl methyl sites for hydroxylation is 1. The lowest BCUT2D eigenvalue weighted by Gasteiger charge is -2.05. The molecule has 0 aliphatic rings. The van der Waals surface area contributed by atoms with E-state index in [0.717, 1.165) is 28.5 Å². The number of hydrogen-bond acceptors (Lipinski definition) is 2. The zero-order valence-corrected chi connectivity index (χ0v) is 13.6. The van der Waals surface area contributed by atoms with Gasteiger partial charge in [0, 0.05) is 17.5 Å². The summed E-state index contributed by atoms with van der Waals surface area (Å²) in [5.74, 6) is -0.316. The summed E-state index contributed by atoms with van der Waals surface area (Å²) in [6, 6.07) is 12.5. The Kier molecular flexibility index (Phi) is 4.94. The van der Waals surface area contributed by atoms with Crippen LogP contribution < -0.4 is 5.32 Å². The molecule has 0 fully saturated rings. The summed E-state index contributed by atoms with van der Waals surface area (Å²) in [5.41, 5.74) is 3.78. The van der Waals surface area contributed by atoms with E-state index in [2.05, 4.69) is 18.3 Å². The molecule has 1 heterocycles. The van der Waals surface area contributed by atoms with Crippen molar-refractivity contribution in [2.75, 3.05) is 6.54 Å². The molecule has 3 nitrogen and oxygen atoms in total. The SMILES string of the molecule is CCc1ccc2c(CC(=O)NCCc3cccc(F)c3)coc2c1. The minimum Gasteiger partial charge on any atom is -0.464 e. The van der Waals surface area contributed by atoms with Crippen LogP contribution >= 0.6 is 0 Å². The average molecular weight is 325 g/mol. The predicted octanol–water partition coefficient (Wildman–Crippen LogP) is 4.04. The number of rotatable bonds is 6. The normalized spacial score (nSPS) is 10.9. The number of hydrogen-bond donors (Lipinski definition) is 1. The third kappa shape index (κ3) is 3.82. The maximum Gasteiger partial charge on any atom is 0.224 e. The minimum absolute atomic E-state index is 0.0614. The Morgan fingerprint density at radius 3 is 2.83 bits per heavy atom. The fourth-order valence-corrected chi connectivity index (χ4v) is 2.76. The Morgan fingerprint density at radius 1 is 1.17 bits per heavy atom. The van der Waals surface area contributed by atoms with Gasteiger partial charge in [-0.2, -0.15) is 0 Å². The van der Waals surface area contributed by atoms with Gasteiger partial charge >= 0.3 is 0 Å². The van der Waals surface area contributed by atoms with Crippen LogP contribution in [0.15, 0.2) is 53.1 Å². The molecule has 0 spiro atoms. The third-order valence-electron chi connectivity index (χ3n) is 4.10. The molecule has 0 radical (unpaired) electrons. The molecule has 3 rings (SSSR count). The lowest BCUT2D eigenvalue weighted by molar-refractivity contribution is -0.120. The number of benzene rings is 2. The molecular weight excluding hydrogens is 305 g/mol. The molecule has 1 amide bonds. The van der Waals surface area contributed by atoms with Crippen LogP contribution in [0, 0.1) is 5.82 Å². The van der Waals surface area contributed by atoms with Crippen molar-refractivity contribution in [1.29, 1.82) is 0 Å². The summed E-state index contributed by atoms with van der Waals surface area (Å²) in [4.78, 5) is 12.1. The summed E-state index contributed by atoms with van der Waals surface area (Å²) in [6.45, 7) is 2.58. The molecule has 0 bridgehead atoms. The van der Waals surface area contributed by atoms with Crippen molar-refractivity contribution in [2.24, 2.45) is 0 Å². The monoisotopic (exact) mass is 325 g/mol. The third-order valence-corrected chi connectivity index (χ3v) is 4.10. The van der Waals surface area contributed by atoms with E-state index in [-0.39, 0.29) is 18.1 Å². The maximum atomic E-state index is 13.1. The molecule has 2 aromatic carbocycles. The Labute approximate surface area is 140 Å². The van der Waals surface area contributed by atoms with Gasteiger partial charge < -0.3 is 9.73 Å². The lowest BCUT2D eigenvalue weighted by atomic mass is 10.1. The van der Waals surface area contributed by atoms with Crippen molar-refractivity contribution in [3.05, 3.63) is 71.2 Å². The molecule has 0 aliphatic heterocycles. The van der Waals surface area contributed by atoms with E-state index in [1.165, 1.54) is 17.7 Å². The van der Waals surface area contributed by atoms with Gasteiger partial charge in [0.2, 0.25) is 5.91 Å². The van der Waals surface area contributed by atoms with E-state index in [0.29, 0.717) is 13.0 Å². The van der Waals surface area contributed by atoms with Crippen LogP contribution in [-0.2, 0) is 24.1 Å². The standard InChI is InChI=1S/C20H20FNO2/c1-2-14-6-7-18-16(13-24-19(18)11-14)12-20(23)22-9-8-15-4-3-5-17(21)10-15/h3-7,10-11,13H,2,8-9,12H2,1H3,(H,22,23). The Balaban J connectivity index is 1.57. The molecule has 1 aromatic heterocycles. The van der Waals surface area contributed by atoms with Crippen LogP contribution in [0.4, 0.5) is 4.39 Å². The highest BCUT2D eigenvalue weighted by molar-refractivity contribution is 5.87. The molecule has 0 aliphatic carbocycles. The summed E-state index contributed by atoms with van der Waals surface area (Å²) < 4.78 is 18.7. The molecule has 0 atom stereocenters. The molecule has 0 unspecified atom stereocenters. The van der Waals surface area contributed by atoms with Gasteiger partial charge in [-0.1, -0.05) is 31.2 Å². The van der Waals surface area contributed by atoms with Crippen LogP contribution in [0.25, 0.3) is 11.0 Å². The van der Waals surface area contributed by atoms with E-state index in [1.807, 2.05) is 18.2 Å². The van der Waals surface area contributed by atoms with Crippen LogP contribution in [0.5, 0.6) is 0 Å². The largest absolute Gasteiger partial charge is 0.464 e. The highest BCUT2D eigenvalue weighted by Gasteiger charge is 2.10. The van der Waals surface area contributed by atoms with Gasteiger partial charge in [0.15, 0.2) is 0 Å². The number of halogens is 1. The smallest absolute Gasteiger partial charge is 0.224 e. The second kappa shape index (κ2) is 7.30. The van der Waals surface area contributed by atoms with Crippen molar-refractivity contribution in [3.8, 4) is 0 Å².